The summed E-state index contributed by atoms with van der Waals surface area (Å²) in [5.41, 5.74) is 1.65. The Morgan fingerprint density at radius 2 is 2.32 bits per heavy atom. The summed E-state index contributed by atoms with van der Waals surface area (Å²) in [7, 11) is 3.52. The van der Waals surface area contributed by atoms with Crippen LogP contribution < -0.4 is 0 Å². The van der Waals surface area contributed by atoms with E-state index < -0.39 is 6.10 Å². The smallest absolute Gasteiger partial charge is 0.253 e. The summed E-state index contributed by atoms with van der Waals surface area (Å²) in [6.07, 6.45) is 4.63. The van der Waals surface area contributed by atoms with E-state index in [1.54, 1.807) is 13.3 Å². The van der Waals surface area contributed by atoms with Gasteiger partial charge in [-0.05, 0) is 30.5 Å². The zero-order chi connectivity index (χ0) is 17.8. The molecule has 0 saturated carbocycles. The van der Waals surface area contributed by atoms with Gasteiger partial charge in [0.2, 0.25) is 0 Å². The Morgan fingerprint density at radius 3 is 3.04 bits per heavy atom. The molecule has 2 unspecified atom stereocenters. The number of nitrogens with zero attached hydrogens (tertiary/aromatic N) is 3. The van der Waals surface area contributed by atoms with Crippen LogP contribution in [0.25, 0.3) is 0 Å². The first-order chi connectivity index (χ1) is 12.1. The molecule has 0 aliphatic carbocycles. The highest BCUT2D eigenvalue weighted by molar-refractivity contribution is 5.94. The molecule has 1 aromatic heterocycles. The Hall–Kier alpha value is -2.18. The van der Waals surface area contributed by atoms with Crippen LogP contribution in [0.3, 0.4) is 0 Å². The standard InChI is InChI=1S/C19H25N3O3/c1-21-10-8-20-18(21)17(23)16-7-4-9-22(12-16)19(24)15-6-3-5-14(11-15)13-25-2/h3,5-6,8,10-11,16-17,23H,4,7,9,12-13H2,1-2H3. The van der Waals surface area contributed by atoms with Gasteiger partial charge in [0, 0.05) is 51.1 Å². The van der Waals surface area contributed by atoms with Crippen LogP contribution in [-0.4, -0.2) is 45.7 Å². The van der Waals surface area contributed by atoms with Gasteiger partial charge in [-0.1, -0.05) is 12.1 Å². The number of carbonyl (C=O) groups is 1. The maximum atomic E-state index is 12.9. The number of carbonyl (C=O) groups excluding carboxylic acids is 1. The summed E-state index contributed by atoms with van der Waals surface area (Å²) < 4.78 is 6.97. The average molecular weight is 343 g/mol. The van der Waals surface area contributed by atoms with E-state index in [0.29, 0.717) is 24.5 Å². The minimum atomic E-state index is -0.657. The van der Waals surface area contributed by atoms with Crippen LogP contribution in [0.4, 0.5) is 0 Å². The number of rotatable bonds is 5. The topological polar surface area (TPSA) is 67.6 Å². The summed E-state index contributed by atoms with van der Waals surface area (Å²) >= 11 is 0. The second-order valence-electron chi connectivity index (χ2n) is 6.63. The largest absolute Gasteiger partial charge is 0.385 e. The first-order valence-corrected chi connectivity index (χ1v) is 8.62. The number of methoxy groups -OCH3 is 1. The number of hydrogen-bond acceptors (Lipinski definition) is 4. The van der Waals surface area contributed by atoms with Crippen LogP contribution in [0.5, 0.6) is 0 Å². The molecule has 134 valence electrons. The highest BCUT2D eigenvalue weighted by atomic mass is 16.5. The van der Waals surface area contributed by atoms with Crippen LogP contribution in [0.15, 0.2) is 36.7 Å². The molecule has 3 rings (SSSR count). The van der Waals surface area contributed by atoms with Crippen LogP contribution in [0.2, 0.25) is 0 Å². The van der Waals surface area contributed by atoms with Crippen molar-refractivity contribution >= 4 is 5.91 Å². The van der Waals surface area contributed by atoms with E-state index in [-0.39, 0.29) is 11.8 Å². The van der Waals surface area contributed by atoms with E-state index in [1.807, 2.05) is 47.0 Å². The second kappa shape index (κ2) is 7.80. The van der Waals surface area contributed by atoms with E-state index in [1.165, 1.54) is 0 Å². The van der Waals surface area contributed by atoms with Crippen LogP contribution in [0.1, 0.15) is 40.7 Å². The van der Waals surface area contributed by atoms with Crippen molar-refractivity contribution in [1.82, 2.24) is 14.5 Å². The molecule has 2 aromatic rings. The minimum Gasteiger partial charge on any atom is -0.385 e. The average Bonchev–Trinajstić information content (AvgIpc) is 3.07. The number of aliphatic hydroxyl groups excluding tert-OH is 1. The van der Waals surface area contributed by atoms with Crippen LogP contribution in [-0.2, 0) is 18.4 Å². The predicted molar refractivity (Wildman–Crippen MR) is 94.0 cm³/mol. The van der Waals surface area contributed by atoms with Crippen molar-refractivity contribution < 1.29 is 14.6 Å². The third kappa shape index (κ3) is 3.91. The summed E-state index contributed by atoms with van der Waals surface area (Å²) in [6.45, 7) is 1.75. The van der Waals surface area contributed by atoms with Crippen molar-refractivity contribution in [2.45, 2.75) is 25.6 Å². The third-order valence-electron chi connectivity index (χ3n) is 4.80. The number of ether oxygens (including phenoxy) is 1. The number of likely N-dealkylation sites (tertiary alicyclic amines) is 1. The SMILES string of the molecule is COCc1cccc(C(=O)N2CCCC(C(O)c3nccn3C)C2)c1. The van der Waals surface area contributed by atoms with Gasteiger partial charge in [-0.15, -0.1) is 0 Å². The number of imidazole rings is 1. The lowest BCUT2D eigenvalue weighted by atomic mass is 9.91. The first kappa shape index (κ1) is 17.6. The lowest BCUT2D eigenvalue weighted by Crippen LogP contribution is -2.42. The molecular weight excluding hydrogens is 318 g/mol. The summed E-state index contributed by atoms with van der Waals surface area (Å²) in [4.78, 5) is 18.9. The fourth-order valence-corrected chi connectivity index (χ4v) is 3.47. The Balaban J connectivity index is 1.71. The summed E-state index contributed by atoms with van der Waals surface area (Å²) in [5.74, 6) is 0.664. The van der Waals surface area contributed by atoms with Gasteiger partial charge in [0.25, 0.3) is 5.91 Å². The summed E-state index contributed by atoms with van der Waals surface area (Å²) in [6, 6.07) is 7.54. The zero-order valence-corrected chi connectivity index (χ0v) is 14.8. The molecule has 1 N–H and O–H groups in total. The van der Waals surface area contributed by atoms with Gasteiger partial charge in [-0.3, -0.25) is 4.79 Å². The van der Waals surface area contributed by atoms with Gasteiger partial charge < -0.3 is 19.3 Å². The molecular formula is C19H25N3O3. The number of aryl methyl sites for hydroxylation is 1. The molecule has 0 bridgehead atoms. The van der Waals surface area contributed by atoms with Crippen molar-refractivity contribution in [2.75, 3.05) is 20.2 Å². The second-order valence-corrected chi connectivity index (χ2v) is 6.63. The number of amides is 1. The Kier molecular flexibility index (Phi) is 5.50. The van der Waals surface area contributed by atoms with E-state index in [2.05, 4.69) is 4.98 Å². The molecule has 1 aliphatic heterocycles. The quantitative estimate of drug-likeness (QED) is 0.903. The highest BCUT2D eigenvalue weighted by Crippen LogP contribution is 2.29. The fraction of sp³-hybridized carbons (Fsp3) is 0.474. The maximum Gasteiger partial charge on any atom is 0.253 e. The third-order valence-corrected chi connectivity index (χ3v) is 4.80. The van der Waals surface area contributed by atoms with Crippen molar-refractivity contribution in [1.29, 1.82) is 0 Å². The van der Waals surface area contributed by atoms with Crippen molar-refractivity contribution in [3.63, 3.8) is 0 Å². The number of aromatic nitrogens is 2. The van der Waals surface area contributed by atoms with E-state index in [9.17, 15) is 9.90 Å². The normalized spacial score (nSPS) is 19.0. The molecule has 1 amide bonds. The number of piperidine rings is 1. The van der Waals surface area contributed by atoms with Gasteiger partial charge in [0.05, 0.1) is 6.61 Å². The number of benzene rings is 1. The molecule has 0 radical (unpaired) electrons. The van der Waals surface area contributed by atoms with Crippen molar-refractivity contribution in [3.05, 3.63) is 53.6 Å². The molecule has 6 heteroatoms. The van der Waals surface area contributed by atoms with Crippen molar-refractivity contribution in [2.24, 2.45) is 13.0 Å². The van der Waals surface area contributed by atoms with Crippen molar-refractivity contribution in [3.8, 4) is 0 Å². The van der Waals surface area contributed by atoms with Crippen LogP contribution in [0, 0.1) is 5.92 Å². The molecule has 2 atom stereocenters. The van der Waals surface area contributed by atoms with E-state index in [0.717, 1.165) is 24.9 Å². The highest BCUT2D eigenvalue weighted by Gasteiger charge is 2.31. The fourth-order valence-electron chi connectivity index (χ4n) is 3.47. The van der Waals surface area contributed by atoms with Gasteiger partial charge in [-0.25, -0.2) is 4.98 Å². The molecule has 6 nitrogen and oxygen atoms in total. The maximum absolute atomic E-state index is 12.9. The predicted octanol–water partition coefficient (Wildman–Crippen LogP) is 2.15. The minimum absolute atomic E-state index is 0.000887. The van der Waals surface area contributed by atoms with Gasteiger partial charge in [0.15, 0.2) is 0 Å². The molecule has 1 saturated heterocycles. The Morgan fingerprint density at radius 1 is 1.48 bits per heavy atom. The lowest BCUT2D eigenvalue weighted by molar-refractivity contribution is 0.0358. The molecule has 1 aliphatic rings. The monoisotopic (exact) mass is 343 g/mol. The lowest BCUT2D eigenvalue weighted by Gasteiger charge is -2.35. The molecule has 2 heterocycles. The van der Waals surface area contributed by atoms with Gasteiger partial charge in [-0.2, -0.15) is 0 Å². The number of aliphatic hydroxyl groups is 1. The molecule has 25 heavy (non-hydrogen) atoms. The summed E-state index contributed by atoms with van der Waals surface area (Å²) in [5, 5.41) is 10.7. The molecule has 1 aromatic carbocycles. The van der Waals surface area contributed by atoms with Crippen LogP contribution >= 0.6 is 0 Å². The Labute approximate surface area is 148 Å². The van der Waals surface area contributed by atoms with E-state index in [4.69, 9.17) is 4.74 Å². The number of hydrogen-bond donors (Lipinski definition) is 1. The van der Waals surface area contributed by atoms with E-state index >= 15 is 0 Å². The molecule has 0 spiro atoms. The van der Waals surface area contributed by atoms with Gasteiger partial charge >= 0.3 is 0 Å². The van der Waals surface area contributed by atoms with Gasteiger partial charge in [0.1, 0.15) is 11.9 Å². The first-order valence-electron chi connectivity index (χ1n) is 8.62. The molecule has 1 fully saturated rings. The zero-order valence-electron chi connectivity index (χ0n) is 14.8. The Bertz CT molecular complexity index is 728.